The molecule has 0 aromatic rings. The highest BCUT2D eigenvalue weighted by Gasteiger charge is 2.24. The molecule has 0 radical (unpaired) electrons. The Balaban J connectivity index is 0.00000144. The summed E-state index contributed by atoms with van der Waals surface area (Å²) < 4.78 is 0. The second-order valence-corrected chi connectivity index (χ2v) is 5.47. The van der Waals surface area contributed by atoms with Crippen molar-refractivity contribution < 1.29 is 4.79 Å². The first kappa shape index (κ1) is 14.8. The Bertz CT molecular complexity index is 234. The quantitative estimate of drug-likeness (QED) is 0.800. The Labute approximate surface area is 111 Å². The van der Waals surface area contributed by atoms with Gasteiger partial charge in [-0.15, -0.1) is 12.4 Å². The molecule has 2 fully saturated rings. The van der Waals surface area contributed by atoms with Gasteiger partial charge in [0.1, 0.15) is 0 Å². The van der Waals surface area contributed by atoms with Crippen LogP contribution in [0.15, 0.2) is 0 Å². The fourth-order valence-electron chi connectivity index (χ4n) is 2.78. The van der Waals surface area contributed by atoms with E-state index in [4.69, 9.17) is 0 Å². The number of halogens is 1. The summed E-state index contributed by atoms with van der Waals surface area (Å²) in [4.78, 5) is 12.0. The minimum atomic E-state index is 0. The van der Waals surface area contributed by atoms with E-state index in [1.54, 1.807) is 0 Å². The number of rotatable bonds is 2. The van der Waals surface area contributed by atoms with E-state index in [-0.39, 0.29) is 24.4 Å². The molecule has 1 saturated carbocycles. The maximum atomic E-state index is 12.0. The average Bonchev–Trinajstić information content (AvgIpc) is 2.33. The number of carbonyl (C=O) groups excluding carboxylic acids is 1. The molecule has 1 amide bonds. The van der Waals surface area contributed by atoms with Crippen LogP contribution in [-0.4, -0.2) is 24.5 Å². The van der Waals surface area contributed by atoms with Crippen LogP contribution in [0.1, 0.15) is 51.9 Å². The van der Waals surface area contributed by atoms with Gasteiger partial charge >= 0.3 is 0 Å². The van der Waals surface area contributed by atoms with Crippen LogP contribution in [-0.2, 0) is 4.79 Å². The maximum Gasteiger partial charge on any atom is 0.237 e. The van der Waals surface area contributed by atoms with Crippen molar-refractivity contribution in [2.45, 2.75) is 64.0 Å². The molecule has 1 saturated heterocycles. The van der Waals surface area contributed by atoms with Crippen LogP contribution in [0.25, 0.3) is 0 Å². The SMILES string of the molecule is CC1CCC(NC(=O)[C@H]2CCCCN2)CC1.Cl. The summed E-state index contributed by atoms with van der Waals surface area (Å²) in [6.45, 7) is 3.31. The normalized spacial score (nSPS) is 33.6. The molecule has 2 N–H and O–H groups in total. The van der Waals surface area contributed by atoms with Gasteiger partial charge in [0.25, 0.3) is 0 Å². The standard InChI is InChI=1S/C13H24N2O.ClH/c1-10-5-7-11(8-6-10)15-13(16)12-4-2-3-9-14-12;/h10-12,14H,2-9H2,1H3,(H,15,16);1H/t10?,11?,12-;/m1./s1. The third-order valence-corrected chi connectivity index (χ3v) is 3.99. The molecule has 0 bridgehead atoms. The Morgan fingerprint density at radius 1 is 1.12 bits per heavy atom. The molecule has 0 aromatic carbocycles. The summed E-state index contributed by atoms with van der Waals surface area (Å²) in [5, 5.41) is 6.51. The number of piperidine rings is 1. The predicted molar refractivity (Wildman–Crippen MR) is 72.5 cm³/mol. The van der Waals surface area contributed by atoms with Crippen LogP contribution >= 0.6 is 12.4 Å². The van der Waals surface area contributed by atoms with Crippen LogP contribution in [0.2, 0.25) is 0 Å². The van der Waals surface area contributed by atoms with Gasteiger partial charge in [-0.05, 0) is 51.0 Å². The van der Waals surface area contributed by atoms with Gasteiger partial charge < -0.3 is 10.6 Å². The molecule has 100 valence electrons. The van der Waals surface area contributed by atoms with Crippen LogP contribution in [0.5, 0.6) is 0 Å². The first-order valence-corrected chi connectivity index (χ1v) is 6.79. The van der Waals surface area contributed by atoms with E-state index in [1.807, 2.05) is 0 Å². The lowest BCUT2D eigenvalue weighted by molar-refractivity contribution is -0.124. The minimum absolute atomic E-state index is 0. The molecule has 0 spiro atoms. The molecule has 1 heterocycles. The van der Waals surface area contributed by atoms with Gasteiger partial charge in [-0.25, -0.2) is 0 Å². The van der Waals surface area contributed by atoms with Crippen molar-refractivity contribution in [2.24, 2.45) is 5.92 Å². The molecule has 3 nitrogen and oxygen atoms in total. The topological polar surface area (TPSA) is 41.1 Å². The first-order valence-electron chi connectivity index (χ1n) is 6.79. The summed E-state index contributed by atoms with van der Waals surface area (Å²) in [5.41, 5.74) is 0. The summed E-state index contributed by atoms with van der Waals surface area (Å²) in [5.74, 6) is 1.08. The first-order chi connectivity index (χ1) is 7.75. The molecule has 1 aliphatic carbocycles. The summed E-state index contributed by atoms with van der Waals surface area (Å²) in [6, 6.07) is 0.514. The Morgan fingerprint density at radius 2 is 1.82 bits per heavy atom. The van der Waals surface area contributed by atoms with E-state index in [0.717, 1.165) is 18.9 Å². The molecule has 1 aliphatic heterocycles. The minimum Gasteiger partial charge on any atom is -0.352 e. The van der Waals surface area contributed by atoms with Crippen molar-refractivity contribution in [2.75, 3.05) is 6.54 Å². The van der Waals surface area contributed by atoms with Crippen LogP contribution < -0.4 is 10.6 Å². The summed E-state index contributed by atoms with van der Waals surface area (Å²) in [6.07, 6.45) is 8.28. The van der Waals surface area contributed by atoms with E-state index in [1.165, 1.54) is 38.5 Å². The molecule has 2 aliphatic rings. The molecule has 0 unspecified atom stereocenters. The van der Waals surface area contributed by atoms with Crippen LogP contribution in [0.3, 0.4) is 0 Å². The van der Waals surface area contributed by atoms with Crippen molar-refractivity contribution >= 4 is 18.3 Å². The average molecular weight is 261 g/mol. The third-order valence-electron chi connectivity index (χ3n) is 3.99. The highest BCUT2D eigenvalue weighted by molar-refractivity contribution is 5.85. The number of hydrogen-bond donors (Lipinski definition) is 2. The largest absolute Gasteiger partial charge is 0.352 e. The van der Waals surface area contributed by atoms with Gasteiger partial charge in [0, 0.05) is 6.04 Å². The Morgan fingerprint density at radius 3 is 2.41 bits per heavy atom. The van der Waals surface area contributed by atoms with E-state index < -0.39 is 0 Å². The van der Waals surface area contributed by atoms with E-state index in [9.17, 15) is 4.79 Å². The van der Waals surface area contributed by atoms with Crippen molar-refractivity contribution in [3.8, 4) is 0 Å². The summed E-state index contributed by atoms with van der Waals surface area (Å²) >= 11 is 0. The van der Waals surface area contributed by atoms with Gasteiger partial charge in [0.05, 0.1) is 6.04 Å². The van der Waals surface area contributed by atoms with Crippen molar-refractivity contribution in [3.63, 3.8) is 0 Å². The monoisotopic (exact) mass is 260 g/mol. The van der Waals surface area contributed by atoms with Gasteiger partial charge in [-0.1, -0.05) is 13.3 Å². The van der Waals surface area contributed by atoms with E-state index in [2.05, 4.69) is 17.6 Å². The zero-order valence-electron chi connectivity index (χ0n) is 10.7. The molecule has 1 atom stereocenters. The number of carbonyl (C=O) groups is 1. The van der Waals surface area contributed by atoms with Gasteiger partial charge in [-0.2, -0.15) is 0 Å². The molecular formula is C13H25ClN2O. The molecule has 4 heteroatoms. The lowest BCUT2D eigenvalue weighted by atomic mass is 9.87. The lowest BCUT2D eigenvalue weighted by Crippen LogP contribution is -2.50. The Hall–Kier alpha value is -0.280. The molecular weight excluding hydrogens is 236 g/mol. The van der Waals surface area contributed by atoms with E-state index >= 15 is 0 Å². The smallest absolute Gasteiger partial charge is 0.237 e. The predicted octanol–water partition coefficient (Wildman–Crippen LogP) is 2.25. The van der Waals surface area contributed by atoms with Gasteiger partial charge in [-0.3, -0.25) is 4.79 Å². The molecule has 17 heavy (non-hydrogen) atoms. The second-order valence-electron chi connectivity index (χ2n) is 5.47. The van der Waals surface area contributed by atoms with Crippen molar-refractivity contribution in [1.29, 1.82) is 0 Å². The Kier molecular flexibility index (Phi) is 6.28. The van der Waals surface area contributed by atoms with Gasteiger partial charge in [0.2, 0.25) is 5.91 Å². The number of amides is 1. The zero-order chi connectivity index (χ0) is 11.4. The zero-order valence-corrected chi connectivity index (χ0v) is 11.5. The molecule has 0 aromatic heterocycles. The highest BCUT2D eigenvalue weighted by Crippen LogP contribution is 2.23. The van der Waals surface area contributed by atoms with E-state index in [0.29, 0.717) is 6.04 Å². The fraction of sp³-hybridized carbons (Fsp3) is 0.923. The maximum absolute atomic E-state index is 12.0. The van der Waals surface area contributed by atoms with Crippen LogP contribution in [0, 0.1) is 5.92 Å². The third kappa shape index (κ3) is 4.47. The fourth-order valence-corrected chi connectivity index (χ4v) is 2.78. The molecule has 2 rings (SSSR count). The van der Waals surface area contributed by atoms with Gasteiger partial charge in [0.15, 0.2) is 0 Å². The lowest BCUT2D eigenvalue weighted by Gasteiger charge is -2.30. The van der Waals surface area contributed by atoms with Crippen molar-refractivity contribution in [3.05, 3.63) is 0 Å². The van der Waals surface area contributed by atoms with Crippen molar-refractivity contribution in [1.82, 2.24) is 10.6 Å². The number of nitrogens with one attached hydrogen (secondary N) is 2. The second kappa shape index (κ2) is 7.22. The number of hydrogen-bond acceptors (Lipinski definition) is 2. The van der Waals surface area contributed by atoms with Crippen LogP contribution in [0.4, 0.5) is 0 Å². The highest BCUT2D eigenvalue weighted by atomic mass is 35.5. The summed E-state index contributed by atoms with van der Waals surface area (Å²) in [7, 11) is 0.